The fraction of sp³-hybridized carbons (Fsp3) is 0.0769. The van der Waals surface area contributed by atoms with Gasteiger partial charge in [0.2, 0.25) is 5.91 Å². The van der Waals surface area contributed by atoms with Crippen LogP contribution in [0, 0.1) is 0 Å². The van der Waals surface area contributed by atoms with Gasteiger partial charge in [-0.3, -0.25) is 14.4 Å². The lowest BCUT2D eigenvalue weighted by Crippen LogP contribution is -2.30. The zero-order valence-corrected chi connectivity index (χ0v) is 18.6. The molecule has 0 saturated carbocycles. The molecule has 8 heteroatoms. The Morgan fingerprint density at radius 2 is 1.29 bits per heavy atom. The Balaban J connectivity index is 1.80. The quantitative estimate of drug-likeness (QED) is 0.369. The van der Waals surface area contributed by atoms with Crippen LogP contribution in [0.3, 0.4) is 0 Å². The molecule has 0 saturated heterocycles. The van der Waals surface area contributed by atoms with Crippen LogP contribution in [0.25, 0.3) is 6.08 Å². The summed E-state index contributed by atoms with van der Waals surface area (Å²) in [5.41, 5.74) is 2.39. The number of carbonyl (C=O) groups is 4. The SMILES string of the molecule is COC(=O)c1ccc(NC(=O)C(=Cc2ccccc2)NC(=O)c2ccc(NC(C)=O)cc2)cc1. The van der Waals surface area contributed by atoms with E-state index < -0.39 is 17.8 Å². The van der Waals surface area contributed by atoms with Crippen molar-refractivity contribution in [1.82, 2.24) is 5.32 Å². The Bertz CT molecular complexity index is 1220. The molecule has 0 atom stereocenters. The minimum Gasteiger partial charge on any atom is -0.465 e. The zero-order chi connectivity index (χ0) is 24.5. The summed E-state index contributed by atoms with van der Waals surface area (Å²) in [5.74, 6) is -1.74. The minimum absolute atomic E-state index is 0.0270. The van der Waals surface area contributed by atoms with Gasteiger partial charge in [-0.15, -0.1) is 0 Å². The molecular weight excluding hydrogens is 434 g/mol. The fourth-order valence-corrected chi connectivity index (χ4v) is 2.98. The maximum Gasteiger partial charge on any atom is 0.337 e. The summed E-state index contributed by atoms with van der Waals surface area (Å²) in [7, 11) is 1.29. The molecule has 3 rings (SSSR count). The third-order valence-corrected chi connectivity index (χ3v) is 4.63. The highest BCUT2D eigenvalue weighted by molar-refractivity contribution is 6.10. The second-order valence-corrected chi connectivity index (χ2v) is 7.20. The highest BCUT2D eigenvalue weighted by Gasteiger charge is 2.16. The number of carbonyl (C=O) groups excluding carboxylic acids is 4. The maximum absolute atomic E-state index is 13.0. The van der Waals surface area contributed by atoms with Crippen LogP contribution in [-0.2, 0) is 14.3 Å². The van der Waals surface area contributed by atoms with Gasteiger partial charge in [-0.25, -0.2) is 4.79 Å². The second kappa shape index (κ2) is 11.2. The highest BCUT2D eigenvalue weighted by atomic mass is 16.5. The summed E-state index contributed by atoms with van der Waals surface area (Å²) in [6, 6.07) is 21.5. The van der Waals surface area contributed by atoms with E-state index in [0.717, 1.165) is 5.56 Å². The van der Waals surface area contributed by atoms with Crippen molar-refractivity contribution in [2.75, 3.05) is 17.7 Å². The van der Waals surface area contributed by atoms with Gasteiger partial charge in [-0.1, -0.05) is 30.3 Å². The molecule has 0 aromatic heterocycles. The van der Waals surface area contributed by atoms with E-state index in [1.54, 1.807) is 54.6 Å². The minimum atomic E-state index is -0.544. The predicted octanol–water partition coefficient (Wildman–Crippen LogP) is 3.84. The van der Waals surface area contributed by atoms with Crippen molar-refractivity contribution >= 4 is 41.1 Å². The monoisotopic (exact) mass is 457 g/mol. The van der Waals surface area contributed by atoms with E-state index in [9.17, 15) is 19.2 Å². The number of anilines is 2. The lowest BCUT2D eigenvalue weighted by molar-refractivity contribution is -0.114. The molecule has 34 heavy (non-hydrogen) atoms. The molecule has 0 aliphatic carbocycles. The third kappa shape index (κ3) is 6.64. The largest absolute Gasteiger partial charge is 0.465 e. The second-order valence-electron chi connectivity index (χ2n) is 7.20. The van der Waals surface area contributed by atoms with E-state index in [0.29, 0.717) is 22.5 Å². The van der Waals surface area contributed by atoms with Gasteiger partial charge in [0.15, 0.2) is 0 Å². The van der Waals surface area contributed by atoms with Crippen molar-refractivity contribution in [3.05, 3.63) is 101 Å². The van der Waals surface area contributed by atoms with Crippen LogP contribution in [0.15, 0.2) is 84.6 Å². The molecule has 0 fully saturated rings. The van der Waals surface area contributed by atoms with Crippen LogP contribution in [0.5, 0.6) is 0 Å². The van der Waals surface area contributed by atoms with E-state index in [4.69, 9.17) is 0 Å². The van der Waals surface area contributed by atoms with E-state index in [1.165, 1.54) is 26.2 Å². The van der Waals surface area contributed by atoms with E-state index in [2.05, 4.69) is 20.7 Å². The van der Waals surface area contributed by atoms with Crippen molar-refractivity contribution < 1.29 is 23.9 Å². The summed E-state index contributed by atoms with van der Waals surface area (Å²) < 4.78 is 4.67. The van der Waals surface area contributed by atoms with Gasteiger partial charge in [0.25, 0.3) is 11.8 Å². The Morgan fingerprint density at radius 3 is 1.85 bits per heavy atom. The number of nitrogens with one attached hydrogen (secondary N) is 3. The Labute approximate surface area is 196 Å². The first-order valence-corrected chi connectivity index (χ1v) is 10.3. The molecule has 0 unspecified atom stereocenters. The molecule has 3 aromatic carbocycles. The number of amides is 3. The average molecular weight is 457 g/mol. The van der Waals surface area contributed by atoms with E-state index in [-0.39, 0.29) is 11.6 Å². The number of rotatable bonds is 7. The molecule has 0 spiro atoms. The van der Waals surface area contributed by atoms with E-state index in [1.807, 2.05) is 18.2 Å². The normalized spacial score (nSPS) is 10.7. The van der Waals surface area contributed by atoms with Crippen LogP contribution in [-0.4, -0.2) is 30.8 Å². The topological polar surface area (TPSA) is 114 Å². The molecule has 172 valence electrons. The average Bonchev–Trinajstić information content (AvgIpc) is 2.84. The summed E-state index contributed by atoms with van der Waals surface area (Å²) in [4.78, 5) is 48.6. The first-order valence-electron chi connectivity index (χ1n) is 10.3. The van der Waals surface area contributed by atoms with Crippen LogP contribution in [0.2, 0.25) is 0 Å². The van der Waals surface area contributed by atoms with Crippen molar-refractivity contribution in [2.45, 2.75) is 6.92 Å². The standard InChI is InChI=1S/C26H23N3O5/c1-17(30)27-21-12-8-19(9-13-21)24(31)29-23(16-18-6-4-3-5-7-18)25(32)28-22-14-10-20(11-15-22)26(33)34-2/h3-16H,1-2H3,(H,27,30)(H,28,32)(H,29,31). The lowest BCUT2D eigenvalue weighted by Gasteiger charge is -2.12. The van der Waals surface area contributed by atoms with Gasteiger partial charge in [0.1, 0.15) is 5.70 Å². The van der Waals surface area contributed by atoms with Gasteiger partial charge < -0.3 is 20.7 Å². The first-order chi connectivity index (χ1) is 16.4. The molecule has 0 aliphatic heterocycles. The van der Waals surface area contributed by atoms with Gasteiger partial charge in [-0.05, 0) is 60.2 Å². The summed E-state index contributed by atoms with van der Waals surface area (Å²) in [6.45, 7) is 1.39. The molecule has 0 heterocycles. The van der Waals surface area contributed by atoms with Crippen LogP contribution >= 0.6 is 0 Å². The highest BCUT2D eigenvalue weighted by Crippen LogP contribution is 2.14. The number of benzene rings is 3. The van der Waals surface area contributed by atoms with Crippen molar-refractivity contribution in [3.8, 4) is 0 Å². The molecule has 0 bridgehead atoms. The summed E-state index contributed by atoms with van der Waals surface area (Å²) in [6.07, 6.45) is 1.56. The zero-order valence-electron chi connectivity index (χ0n) is 18.6. The van der Waals surface area contributed by atoms with Crippen molar-refractivity contribution in [3.63, 3.8) is 0 Å². The first kappa shape index (κ1) is 23.9. The summed E-state index contributed by atoms with van der Waals surface area (Å²) >= 11 is 0. The molecular formula is C26H23N3O5. The van der Waals surface area contributed by atoms with Gasteiger partial charge in [0, 0.05) is 23.9 Å². The molecule has 8 nitrogen and oxygen atoms in total. The number of ether oxygens (including phenoxy) is 1. The van der Waals surface area contributed by atoms with Crippen LogP contribution < -0.4 is 16.0 Å². The third-order valence-electron chi connectivity index (χ3n) is 4.63. The Hall–Kier alpha value is -4.72. The van der Waals surface area contributed by atoms with Gasteiger partial charge in [0.05, 0.1) is 12.7 Å². The Morgan fingerprint density at radius 1 is 0.735 bits per heavy atom. The molecule has 3 aromatic rings. The maximum atomic E-state index is 13.0. The predicted molar refractivity (Wildman–Crippen MR) is 129 cm³/mol. The fourth-order valence-electron chi connectivity index (χ4n) is 2.98. The number of hydrogen-bond donors (Lipinski definition) is 3. The molecule has 0 radical (unpaired) electrons. The van der Waals surface area contributed by atoms with Crippen molar-refractivity contribution in [2.24, 2.45) is 0 Å². The van der Waals surface area contributed by atoms with Crippen LogP contribution in [0.4, 0.5) is 11.4 Å². The number of hydrogen-bond acceptors (Lipinski definition) is 5. The summed E-state index contributed by atoms with van der Waals surface area (Å²) in [5, 5.41) is 7.99. The number of methoxy groups -OCH3 is 1. The Kier molecular flexibility index (Phi) is 7.91. The molecule has 3 N–H and O–H groups in total. The van der Waals surface area contributed by atoms with Gasteiger partial charge >= 0.3 is 5.97 Å². The van der Waals surface area contributed by atoms with Crippen molar-refractivity contribution in [1.29, 1.82) is 0 Å². The van der Waals surface area contributed by atoms with Gasteiger partial charge in [-0.2, -0.15) is 0 Å². The number of esters is 1. The van der Waals surface area contributed by atoms with E-state index >= 15 is 0 Å². The molecule has 0 aliphatic rings. The smallest absolute Gasteiger partial charge is 0.337 e. The lowest BCUT2D eigenvalue weighted by atomic mass is 10.1. The molecule has 3 amide bonds. The van der Waals surface area contributed by atoms with Crippen LogP contribution in [0.1, 0.15) is 33.2 Å².